The quantitative estimate of drug-likeness (QED) is 0.760. The van der Waals surface area contributed by atoms with E-state index in [1.54, 1.807) is 0 Å². The SMILES string of the molecule is CN(C)c1ccc(C=C2C(=O)C3(C)CCC2C3(C)C)cc1. The normalized spacial score (nSPS) is 32.0. The summed E-state index contributed by atoms with van der Waals surface area (Å²) in [6.45, 7) is 6.68. The summed E-state index contributed by atoms with van der Waals surface area (Å²) in [6.07, 6.45) is 4.32. The number of hydrogen-bond donors (Lipinski definition) is 0. The number of allylic oxidation sites excluding steroid dienone is 1. The lowest BCUT2D eigenvalue weighted by atomic mass is 9.70. The van der Waals surface area contributed by atoms with E-state index < -0.39 is 0 Å². The molecular weight excluding hydrogens is 258 g/mol. The zero-order valence-corrected chi connectivity index (χ0v) is 13.7. The molecule has 0 heterocycles. The molecule has 2 unspecified atom stereocenters. The summed E-state index contributed by atoms with van der Waals surface area (Å²) in [5.41, 5.74) is 3.30. The van der Waals surface area contributed by atoms with Gasteiger partial charge in [-0.3, -0.25) is 4.79 Å². The van der Waals surface area contributed by atoms with Crippen LogP contribution in [0.3, 0.4) is 0 Å². The lowest BCUT2D eigenvalue weighted by Crippen LogP contribution is -2.32. The molecule has 0 saturated heterocycles. The van der Waals surface area contributed by atoms with Crippen LogP contribution in [0.1, 0.15) is 39.2 Å². The zero-order valence-electron chi connectivity index (χ0n) is 13.7. The summed E-state index contributed by atoms with van der Waals surface area (Å²) in [7, 11) is 4.08. The van der Waals surface area contributed by atoms with Crippen molar-refractivity contribution in [2.75, 3.05) is 19.0 Å². The van der Waals surface area contributed by atoms with Crippen molar-refractivity contribution in [3.8, 4) is 0 Å². The smallest absolute Gasteiger partial charge is 0.165 e. The number of hydrogen-bond acceptors (Lipinski definition) is 2. The third-order valence-electron chi connectivity index (χ3n) is 6.10. The lowest BCUT2D eigenvalue weighted by molar-refractivity contribution is -0.125. The van der Waals surface area contributed by atoms with Gasteiger partial charge in [-0.05, 0) is 53.5 Å². The molecule has 0 radical (unpaired) electrons. The molecule has 1 aromatic carbocycles. The molecule has 1 aromatic rings. The molecule has 0 amide bonds. The van der Waals surface area contributed by atoms with Crippen molar-refractivity contribution in [3.05, 3.63) is 35.4 Å². The molecule has 0 aliphatic heterocycles. The van der Waals surface area contributed by atoms with E-state index in [1.165, 1.54) is 5.69 Å². The van der Waals surface area contributed by atoms with Gasteiger partial charge in [0.1, 0.15) is 0 Å². The molecule has 2 bridgehead atoms. The molecule has 2 aliphatic rings. The maximum atomic E-state index is 12.8. The maximum Gasteiger partial charge on any atom is 0.165 e. The highest BCUT2D eigenvalue weighted by molar-refractivity contribution is 6.07. The minimum absolute atomic E-state index is 0.0967. The van der Waals surface area contributed by atoms with E-state index in [-0.39, 0.29) is 10.8 Å². The predicted molar refractivity (Wildman–Crippen MR) is 88.4 cm³/mol. The Hall–Kier alpha value is -1.57. The van der Waals surface area contributed by atoms with Gasteiger partial charge in [0.05, 0.1) is 0 Å². The number of fused-ring (bicyclic) bond motifs is 2. The van der Waals surface area contributed by atoms with E-state index in [1.807, 2.05) is 14.1 Å². The molecule has 2 nitrogen and oxygen atoms in total. The summed E-state index contributed by atoms with van der Waals surface area (Å²) in [6, 6.07) is 8.43. The van der Waals surface area contributed by atoms with Gasteiger partial charge in [0.15, 0.2) is 5.78 Å². The minimum atomic E-state index is -0.160. The molecule has 0 spiro atoms. The summed E-state index contributed by atoms with van der Waals surface area (Å²) < 4.78 is 0. The predicted octanol–water partition coefficient (Wildman–Crippen LogP) is 4.16. The molecule has 0 N–H and O–H groups in total. The van der Waals surface area contributed by atoms with E-state index in [0.717, 1.165) is 24.0 Å². The van der Waals surface area contributed by atoms with Crippen LogP contribution >= 0.6 is 0 Å². The molecular formula is C19H25NO. The Morgan fingerprint density at radius 1 is 1.14 bits per heavy atom. The number of nitrogens with zero attached hydrogens (tertiary/aromatic N) is 1. The number of anilines is 1. The number of benzene rings is 1. The van der Waals surface area contributed by atoms with Gasteiger partial charge in [-0.2, -0.15) is 0 Å². The lowest BCUT2D eigenvalue weighted by Gasteiger charge is -2.31. The van der Waals surface area contributed by atoms with Crippen molar-refractivity contribution in [1.82, 2.24) is 0 Å². The maximum absolute atomic E-state index is 12.8. The Morgan fingerprint density at radius 3 is 2.24 bits per heavy atom. The molecule has 2 aliphatic carbocycles. The summed E-state index contributed by atoms with van der Waals surface area (Å²) >= 11 is 0. The Labute approximate surface area is 127 Å². The topological polar surface area (TPSA) is 20.3 Å². The number of Topliss-reactive ketones (excluding diaryl/α,β-unsaturated/α-hetero) is 1. The van der Waals surface area contributed by atoms with Gasteiger partial charge < -0.3 is 4.90 Å². The van der Waals surface area contributed by atoms with Crippen LogP contribution in [0.5, 0.6) is 0 Å². The van der Waals surface area contributed by atoms with Crippen LogP contribution in [0.2, 0.25) is 0 Å². The molecule has 2 atom stereocenters. The Morgan fingerprint density at radius 2 is 1.76 bits per heavy atom. The second kappa shape index (κ2) is 4.46. The largest absolute Gasteiger partial charge is 0.378 e. The first kappa shape index (κ1) is 14.4. The molecule has 2 fully saturated rings. The first-order valence-electron chi connectivity index (χ1n) is 7.81. The standard InChI is InChI=1S/C19H25NO/c1-18(2)16-10-11-19(18,3)17(21)15(16)12-13-6-8-14(9-7-13)20(4)5/h6-9,12,16H,10-11H2,1-5H3. The van der Waals surface area contributed by atoms with Gasteiger partial charge in [-0.1, -0.05) is 32.9 Å². The van der Waals surface area contributed by atoms with Gasteiger partial charge in [0, 0.05) is 25.2 Å². The fraction of sp³-hybridized carbons (Fsp3) is 0.526. The summed E-state index contributed by atoms with van der Waals surface area (Å²) in [4.78, 5) is 14.9. The van der Waals surface area contributed by atoms with Crippen LogP contribution in [0.25, 0.3) is 6.08 Å². The highest BCUT2D eigenvalue weighted by atomic mass is 16.1. The molecule has 2 saturated carbocycles. The van der Waals surface area contributed by atoms with Crippen LogP contribution in [0.15, 0.2) is 29.8 Å². The van der Waals surface area contributed by atoms with E-state index in [2.05, 4.69) is 56.0 Å². The van der Waals surface area contributed by atoms with Crippen LogP contribution in [0, 0.1) is 16.7 Å². The fourth-order valence-electron chi connectivity index (χ4n) is 4.14. The van der Waals surface area contributed by atoms with Crippen molar-refractivity contribution in [1.29, 1.82) is 0 Å². The second-order valence-corrected chi connectivity index (χ2v) is 7.56. The fourth-order valence-corrected chi connectivity index (χ4v) is 4.14. The molecule has 21 heavy (non-hydrogen) atoms. The molecule has 0 aromatic heterocycles. The highest BCUT2D eigenvalue weighted by Gasteiger charge is 2.63. The zero-order chi connectivity index (χ0) is 15.4. The van der Waals surface area contributed by atoms with Crippen LogP contribution in [-0.2, 0) is 4.79 Å². The molecule has 2 heteroatoms. The monoisotopic (exact) mass is 283 g/mol. The van der Waals surface area contributed by atoms with E-state index in [9.17, 15) is 4.79 Å². The van der Waals surface area contributed by atoms with Crippen LogP contribution in [-0.4, -0.2) is 19.9 Å². The van der Waals surface area contributed by atoms with Crippen molar-refractivity contribution < 1.29 is 4.79 Å². The number of rotatable bonds is 2. The molecule has 3 rings (SSSR count). The van der Waals surface area contributed by atoms with E-state index in [4.69, 9.17) is 0 Å². The Balaban J connectivity index is 1.96. The third-order valence-corrected chi connectivity index (χ3v) is 6.10. The van der Waals surface area contributed by atoms with Crippen molar-refractivity contribution in [3.63, 3.8) is 0 Å². The number of carbonyl (C=O) groups is 1. The van der Waals surface area contributed by atoms with Crippen molar-refractivity contribution >= 4 is 17.5 Å². The van der Waals surface area contributed by atoms with Gasteiger partial charge >= 0.3 is 0 Å². The summed E-state index contributed by atoms with van der Waals surface area (Å²) in [5, 5.41) is 0. The van der Waals surface area contributed by atoms with Gasteiger partial charge in [-0.15, -0.1) is 0 Å². The van der Waals surface area contributed by atoms with Crippen LogP contribution in [0.4, 0.5) is 5.69 Å². The number of carbonyl (C=O) groups excluding carboxylic acids is 1. The highest BCUT2D eigenvalue weighted by Crippen LogP contribution is 2.65. The Kier molecular flexibility index (Phi) is 3.05. The van der Waals surface area contributed by atoms with Gasteiger partial charge in [-0.25, -0.2) is 0 Å². The van der Waals surface area contributed by atoms with E-state index >= 15 is 0 Å². The second-order valence-electron chi connectivity index (χ2n) is 7.56. The van der Waals surface area contributed by atoms with Crippen LogP contribution < -0.4 is 4.90 Å². The van der Waals surface area contributed by atoms with Crippen molar-refractivity contribution in [2.24, 2.45) is 16.7 Å². The van der Waals surface area contributed by atoms with Crippen molar-refractivity contribution in [2.45, 2.75) is 33.6 Å². The first-order valence-corrected chi connectivity index (χ1v) is 7.81. The average Bonchev–Trinajstić information content (AvgIpc) is 2.74. The number of ketones is 1. The molecule has 112 valence electrons. The average molecular weight is 283 g/mol. The Bertz CT molecular complexity index is 609. The summed E-state index contributed by atoms with van der Waals surface area (Å²) in [5.74, 6) is 0.795. The minimum Gasteiger partial charge on any atom is -0.378 e. The van der Waals surface area contributed by atoms with Gasteiger partial charge in [0.2, 0.25) is 0 Å². The van der Waals surface area contributed by atoms with E-state index in [0.29, 0.717) is 11.7 Å². The van der Waals surface area contributed by atoms with Gasteiger partial charge in [0.25, 0.3) is 0 Å². The first-order chi connectivity index (χ1) is 9.77. The third kappa shape index (κ3) is 1.88.